The Balaban J connectivity index is 1.60. The van der Waals surface area contributed by atoms with E-state index in [1.54, 1.807) is 25.4 Å². The van der Waals surface area contributed by atoms with E-state index in [4.69, 9.17) is 0 Å². The maximum absolute atomic E-state index is 12.9. The second-order valence-electron chi connectivity index (χ2n) is 8.46. The average Bonchev–Trinajstić information content (AvgIpc) is 2.72. The van der Waals surface area contributed by atoms with Crippen molar-refractivity contribution < 1.29 is 18.0 Å². The molecule has 0 saturated carbocycles. The molecule has 2 aliphatic heterocycles. The zero-order valence-corrected chi connectivity index (χ0v) is 18.7. The van der Waals surface area contributed by atoms with E-state index in [1.165, 1.54) is 10.6 Å². The lowest BCUT2D eigenvalue weighted by Gasteiger charge is -2.39. The van der Waals surface area contributed by atoms with Gasteiger partial charge in [0.2, 0.25) is 21.8 Å². The lowest BCUT2D eigenvalue weighted by molar-refractivity contribution is -0.134. The number of piperidine rings is 2. The molecule has 30 heavy (non-hydrogen) atoms. The van der Waals surface area contributed by atoms with E-state index >= 15 is 0 Å². The quantitative estimate of drug-likeness (QED) is 0.674. The Labute approximate surface area is 179 Å². The summed E-state index contributed by atoms with van der Waals surface area (Å²) in [4.78, 5) is 32.1. The monoisotopic (exact) mass is 436 g/mol. The van der Waals surface area contributed by atoms with E-state index in [0.717, 1.165) is 31.2 Å². The fraction of sp³-hybridized carbons (Fsp3) is 0.667. The fourth-order valence-electron chi connectivity index (χ4n) is 4.43. The Morgan fingerprint density at radius 3 is 2.50 bits per heavy atom. The maximum atomic E-state index is 12.9. The molecule has 8 nitrogen and oxygen atoms in total. The lowest BCUT2D eigenvalue weighted by atomic mass is 9.92. The molecule has 3 heterocycles. The second kappa shape index (κ2) is 9.87. The summed E-state index contributed by atoms with van der Waals surface area (Å²) in [7, 11) is -3.42. The van der Waals surface area contributed by atoms with Crippen LogP contribution < -0.4 is 0 Å². The van der Waals surface area contributed by atoms with Crippen LogP contribution in [0.15, 0.2) is 24.5 Å². The van der Waals surface area contributed by atoms with Gasteiger partial charge in [0.15, 0.2) is 0 Å². The largest absolute Gasteiger partial charge is 0.343 e. The lowest BCUT2D eigenvalue weighted by Crippen LogP contribution is -2.51. The Hall–Kier alpha value is -2.00. The van der Waals surface area contributed by atoms with Crippen molar-refractivity contribution in [2.24, 2.45) is 5.92 Å². The van der Waals surface area contributed by atoms with Crippen LogP contribution in [0.5, 0.6) is 0 Å². The second-order valence-corrected chi connectivity index (χ2v) is 10.4. The van der Waals surface area contributed by atoms with Gasteiger partial charge in [0.1, 0.15) is 0 Å². The van der Waals surface area contributed by atoms with Gasteiger partial charge in [-0.15, -0.1) is 0 Å². The number of hydrogen-bond acceptors (Lipinski definition) is 5. The van der Waals surface area contributed by atoms with Crippen LogP contribution in [0.4, 0.5) is 0 Å². The number of hydrogen-bond donors (Lipinski definition) is 0. The summed E-state index contributed by atoms with van der Waals surface area (Å²) in [6, 6.07) is 3.44. The van der Waals surface area contributed by atoms with Crippen molar-refractivity contribution in [1.82, 2.24) is 19.1 Å². The van der Waals surface area contributed by atoms with Crippen LogP contribution in [-0.4, -0.2) is 77.8 Å². The number of sulfonamides is 1. The highest BCUT2D eigenvalue weighted by Crippen LogP contribution is 2.25. The van der Waals surface area contributed by atoms with Crippen molar-refractivity contribution in [3.63, 3.8) is 0 Å². The molecule has 0 bridgehead atoms. The number of amides is 2. The first-order valence-corrected chi connectivity index (χ1v) is 12.5. The molecule has 2 aliphatic rings. The van der Waals surface area contributed by atoms with E-state index in [0.29, 0.717) is 32.6 Å². The smallest absolute Gasteiger partial charge is 0.222 e. The first kappa shape index (κ1) is 22.7. The first-order chi connectivity index (χ1) is 14.2. The molecule has 0 N–H and O–H groups in total. The molecule has 2 fully saturated rings. The Kier molecular flexibility index (Phi) is 7.46. The molecule has 3 rings (SSSR count). The predicted octanol–water partition coefficient (Wildman–Crippen LogP) is 1.48. The number of likely N-dealkylation sites (tertiary alicyclic amines) is 2. The summed E-state index contributed by atoms with van der Waals surface area (Å²) in [5, 5.41) is 0. The minimum Gasteiger partial charge on any atom is -0.343 e. The van der Waals surface area contributed by atoms with Crippen molar-refractivity contribution in [2.45, 2.75) is 51.6 Å². The molecule has 1 aromatic heterocycles. The molecular weight excluding hydrogens is 404 g/mol. The third kappa shape index (κ3) is 6.01. The van der Waals surface area contributed by atoms with Crippen molar-refractivity contribution in [3.05, 3.63) is 30.1 Å². The van der Waals surface area contributed by atoms with Gasteiger partial charge in [0.05, 0.1) is 6.26 Å². The SMILES string of the molecule is CC(=O)N1CCC(CC(=O)N2CCCC(N(Cc3cccnc3)S(C)(=O)=O)C2)CC1. The molecule has 1 atom stereocenters. The molecule has 0 aliphatic carbocycles. The zero-order valence-electron chi connectivity index (χ0n) is 17.9. The molecule has 2 saturated heterocycles. The van der Waals surface area contributed by atoms with E-state index in [-0.39, 0.29) is 30.3 Å². The minimum absolute atomic E-state index is 0.0909. The number of rotatable bonds is 6. The van der Waals surface area contributed by atoms with Crippen LogP contribution in [0.3, 0.4) is 0 Å². The molecule has 0 aromatic carbocycles. The summed E-state index contributed by atoms with van der Waals surface area (Å²) in [6.07, 6.45) is 8.27. The predicted molar refractivity (Wildman–Crippen MR) is 114 cm³/mol. The maximum Gasteiger partial charge on any atom is 0.222 e. The molecular formula is C21H32N4O4S. The zero-order chi connectivity index (χ0) is 21.7. The Morgan fingerprint density at radius 1 is 1.17 bits per heavy atom. The summed E-state index contributed by atoms with van der Waals surface area (Å²) >= 11 is 0. The third-order valence-corrected chi connectivity index (χ3v) is 7.45. The van der Waals surface area contributed by atoms with E-state index in [1.807, 2.05) is 15.9 Å². The molecule has 0 radical (unpaired) electrons. The highest BCUT2D eigenvalue weighted by atomic mass is 32.2. The Bertz CT molecular complexity index is 838. The summed E-state index contributed by atoms with van der Waals surface area (Å²) in [5.41, 5.74) is 0.837. The topological polar surface area (TPSA) is 90.9 Å². The first-order valence-electron chi connectivity index (χ1n) is 10.6. The molecule has 1 unspecified atom stereocenters. The summed E-state index contributed by atoms with van der Waals surface area (Å²) in [6.45, 7) is 4.37. The van der Waals surface area contributed by atoms with Gasteiger partial charge in [-0.1, -0.05) is 6.07 Å². The summed E-state index contributed by atoms with van der Waals surface area (Å²) in [5.74, 6) is 0.471. The number of carbonyl (C=O) groups excluding carboxylic acids is 2. The van der Waals surface area contributed by atoms with Crippen LogP contribution in [-0.2, 0) is 26.2 Å². The summed E-state index contributed by atoms with van der Waals surface area (Å²) < 4.78 is 26.5. The van der Waals surface area contributed by atoms with Crippen molar-refractivity contribution in [2.75, 3.05) is 32.4 Å². The highest BCUT2D eigenvalue weighted by molar-refractivity contribution is 7.88. The van der Waals surface area contributed by atoms with Crippen LogP contribution in [0.2, 0.25) is 0 Å². The van der Waals surface area contributed by atoms with Gasteiger partial charge in [-0.3, -0.25) is 14.6 Å². The van der Waals surface area contributed by atoms with Gasteiger partial charge in [0.25, 0.3) is 0 Å². The van der Waals surface area contributed by atoms with Crippen molar-refractivity contribution in [1.29, 1.82) is 0 Å². The number of nitrogens with zero attached hydrogens (tertiary/aromatic N) is 4. The van der Waals surface area contributed by atoms with Gasteiger partial charge in [-0.25, -0.2) is 8.42 Å². The average molecular weight is 437 g/mol. The minimum atomic E-state index is -3.42. The molecule has 0 spiro atoms. The van der Waals surface area contributed by atoms with Gasteiger partial charge in [-0.05, 0) is 43.2 Å². The highest BCUT2D eigenvalue weighted by Gasteiger charge is 2.33. The third-order valence-electron chi connectivity index (χ3n) is 6.17. The van der Waals surface area contributed by atoms with Crippen molar-refractivity contribution in [3.8, 4) is 0 Å². The molecule has 1 aromatic rings. The van der Waals surface area contributed by atoms with E-state index < -0.39 is 10.0 Å². The number of pyridine rings is 1. The van der Waals surface area contributed by atoms with Crippen LogP contribution >= 0.6 is 0 Å². The van der Waals surface area contributed by atoms with Crippen LogP contribution in [0.1, 0.15) is 44.6 Å². The van der Waals surface area contributed by atoms with Crippen LogP contribution in [0.25, 0.3) is 0 Å². The number of carbonyl (C=O) groups is 2. The Morgan fingerprint density at radius 2 is 1.90 bits per heavy atom. The molecule has 166 valence electrons. The van der Waals surface area contributed by atoms with E-state index in [9.17, 15) is 18.0 Å². The molecule has 9 heteroatoms. The van der Waals surface area contributed by atoms with Crippen LogP contribution in [0, 0.1) is 5.92 Å². The van der Waals surface area contributed by atoms with Gasteiger partial charge < -0.3 is 9.80 Å². The number of aromatic nitrogens is 1. The van der Waals surface area contributed by atoms with E-state index in [2.05, 4.69) is 4.98 Å². The fourth-order valence-corrected chi connectivity index (χ4v) is 5.53. The standard InChI is InChI=1S/C21H32N4O4S/c1-17(26)23-11-7-18(8-12-23)13-21(27)24-10-4-6-20(16-24)25(30(2,28)29)15-19-5-3-9-22-14-19/h3,5,9,14,18,20H,4,6-8,10-13,15-16H2,1-2H3. The molecule has 2 amide bonds. The van der Waals surface area contributed by atoms with Crippen molar-refractivity contribution >= 4 is 21.8 Å². The normalized spacial score (nSPS) is 21.1. The van der Waals surface area contributed by atoms with Gasteiger partial charge in [0, 0.05) is 64.5 Å². The van der Waals surface area contributed by atoms with Gasteiger partial charge in [-0.2, -0.15) is 4.31 Å². The van der Waals surface area contributed by atoms with Gasteiger partial charge >= 0.3 is 0 Å².